The Bertz CT molecular complexity index is 970. The highest BCUT2D eigenvalue weighted by Crippen LogP contribution is 2.41. The van der Waals surface area contributed by atoms with Crippen LogP contribution in [-0.2, 0) is 10.1 Å². The summed E-state index contributed by atoms with van der Waals surface area (Å²) in [6.07, 6.45) is 33.1. The van der Waals surface area contributed by atoms with Crippen LogP contribution in [0.3, 0.4) is 0 Å². The predicted molar refractivity (Wildman–Crippen MR) is 194 cm³/mol. The van der Waals surface area contributed by atoms with Gasteiger partial charge < -0.3 is 14.2 Å². The molecule has 46 heavy (non-hydrogen) atoms. The zero-order valence-electron chi connectivity index (χ0n) is 29.0. The number of ether oxygens (including phenoxy) is 3. The lowest BCUT2D eigenvalue weighted by Gasteiger charge is -2.18. The predicted octanol–water partition coefficient (Wildman–Crippen LogP) is 12.0. The molecule has 1 N–H and O–H groups in total. The topological polar surface area (TPSA) is 82.1 Å². The third-order valence-electron chi connectivity index (χ3n) is 8.21. The van der Waals surface area contributed by atoms with Crippen LogP contribution in [0.4, 0.5) is 0 Å². The Labute approximate surface area is 282 Å². The average Bonchev–Trinajstić information content (AvgIpc) is 3.03. The summed E-state index contributed by atoms with van der Waals surface area (Å²) in [7, 11) is -4.45. The first-order valence-corrected chi connectivity index (χ1v) is 19.7. The molecule has 0 fully saturated rings. The third-order valence-corrected chi connectivity index (χ3v) is 9.04. The van der Waals surface area contributed by atoms with Crippen molar-refractivity contribution in [2.75, 3.05) is 19.8 Å². The smallest absolute Gasteiger partial charge is 0.294 e. The van der Waals surface area contributed by atoms with Crippen LogP contribution in [0.2, 0.25) is 0 Å². The number of hydrogen-bond donors (Lipinski definition) is 1. The molecule has 0 aliphatic rings. The van der Waals surface area contributed by atoms with Crippen LogP contribution in [0, 0.1) is 0 Å². The Morgan fingerprint density at radius 1 is 0.478 bits per heavy atom. The van der Waals surface area contributed by atoms with Crippen molar-refractivity contribution in [2.24, 2.45) is 0 Å². The van der Waals surface area contributed by atoms with Crippen molar-refractivity contribution in [2.45, 2.75) is 159 Å². The normalized spacial score (nSPS) is 11.3. The Kier molecular flexibility index (Phi) is 26.3. The van der Waals surface area contributed by atoms with Crippen molar-refractivity contribution in [3.8, 4) is 17.2 Å². The van der Waals surface area contributed by atoms with Gasteiger partial charge in [-0.05, 0) is 57.8 Å². The van der Waals surface area contributed by atoms with Crippen LogP contribution in [0.1, 0.15) is 154 Å². The fourth-order valence-electron chi connectivity index (χ4n) is 5.42. The summed E-state index contributed by atoms with van der Waals surface area (Å²) in [6.45, 7) is 12.7. The van der Waals surface area contributed by atoms with Gasteiger partial charge in [0.2, 0.25) is 5.75 Å². The van der Waals surface area contributed by atoms with Gasteiger partial charge in [0, 0.05) is 12.1 Å². The van der Waals surface area contributed by atoms with Crippen molar-refractivity contribution in [3.05, 3.63) is 50.1 Å². The molecule has 0 spiro atoms. The van der Waals surface area contributed by atoms with Gasteiger partial charge in [-0.15, -0.1) is 19.7 Å². The molecule has 0 saturated carbocycles. The number of benzene rings is 1. The summed E-state index contributed by atoms with van der Waals surface area (Å²) in [5.74, 6) is 1.06. The largest absolute Gasteiger partial charge is 0.490 e. The molecule has 0 aliphatic heterocycles. The second kappa shape index (κ2) is 28.9. The zero-order chi connectivity index (χ0) is 33.6. The average molecular weight is 663 g/mol. The van der Waals surface area contributed by atoms with Gasteiger partial charge in [0.25, 0.3) is 10.1 Å². The molecule has 0 unspecified atom stereocenters. The van der Waals surface area contributed by atoms with Crippen LogP contribution in [0.15, 0.2) is 55.0 Å². The quantitative estimate of drug-likeness (QED) is 0.0449. The van der Waals surface area contributed by atoms with E-state index in [4.69, 9.17) is 14.2 Å². The molecule has 0 heterocycles. The SMILES string of the molecule is C=CCCCCCCCCCOc1cc(S(=O)(=O)O)cc(OCCCCCCCCCC=C)c1OCCCCCCCCCC=C. The fraction of sp³-hybridized carbons (Fsp3) is 0.692. The van der Waals surface area contributed by atoms with E-state index in [-0.39, 0.29) is 4.90 Å². The van der Waals surface area contributed by atoms with Gasteiger partial charge in [-0.1, -0.05) is 115 Å². The minimum atomic E-state index is -4.45. The van der Waals surface area contributed by atoms with E-state index in [2.05, 4.69) is 19.7 Å². The van der Waals surface area contributed by atoms with E-state index in [1.54, 1.807) is 0 Å². The van der Waals surface area contributed by atoms with Crippen molar-refractivity contribution in [3.63, 3.8) is 0 Å². The van der Waals surface area contributed by atoms with Gasteiger partial charge in [-0.3, -0.25) is 4.55 Å². The molecule has 1 rings (SSSR count). The lowest BCUT2D eigenvalue weighted by atomic mass is 10.1. The Balaban J connectivity index is 2.74. The van der Waals surface area contributed by atoms with Gasteiger partial charge in [0.15, 0.2) is 11.5 Å². The highest BCUT2D eigenvalue weighted by molar-refractivity contribution is 7.85. The summed E-state index contributed by atoms with van der Waals surface area (Å²) in [5, 5.41) is 0. The summed E-state index contributed by atoms with van der Waals surface area (Å²) in [5.41, 5.74) is 0. The van der Waals surface area contributed by atoms with Crippen molar-refractivity contribution < 1.29 is 27.2 Å². The van der Waals surface area contributed by atoms with Crippen molar-refractivity contribution >= 4 is 10.1 Å². The van der Waals surface area contributed by atoms with E-state index < -0.39 is 10.1 Å². The van der Waals surface area contributed by atoms with Crippen LogP contribution in [-0.4, -0.2) is 32.8 Å². The molecule has 0 bridgehead atoms. The summed E-state index contributed by atoms with van der Waals surface area (Å²) < 4.78 is 52.7. The van der Waals surface area contributed by atoms with Crippen LogP contribution in [0.25, 0.3) is 0 Å². The zero-order valence-corrected chi connectivity index (χ0v) is 29.8. The first-order chi connectivity index (χ1) is 22.4. The number of rotatable bonds is 34. The minimum absolute atomic E-state index is 0.236. The van der Waals surface area contributed by atoms with E-state index in [0.717, 1.165) is 77.0 Å². The van der Waals surface area contributed by atoms with Gasteiger partial charge in [0.1, 0.15) is 4.90 Å². The van der Waals surface area contributed by atoms with Gasteiger partial charge in [0.05, 0.1) is 19.8 Å². The molecule has 0 saturated heterocycles. The number of unbranched alkanes of at least 4 members (excludes halogenated alkanes) is 21. The van der Waals surface area contributed by atoms with Crippen molar-refractivity contribution in [1.82, 2.24) is 0 Å². The van der Waals surface area contributed by atoms with Gasteiger partial charge >= 0.3 is 0 Å². The monoisotopic (exact) mass is 662 g/mol. The summed E-state index contributed by atoms with van der Waals surface area (Å²) in [6, 6.07) is 2.74. The summed E-state index contributed by atoms with van der Waals surface area (Å²) >= 11 is 0. The molecule has 0 radical (unpaired) electrons. The molecule has 6 nitrogen and oxygen atoms in total. The third kappa shape index (κ3) is 22.3. The van der Waals surface area contributed by atoms with Crippen LogP contribution < -0.4 is 14.2 Å². The highest BCUT2D eigenvalue weighted by atomic mass is 32.2. The minimum Gasteiger partial charge on any atom is -0.490 e. The number of hydrogen-bond acceptors (Lipinski definition) is 5. The molecular weight excluding hydrogens is 596 g/mol. The molecule has 1 aromatic rings. The Hall–Kier alpha value is -2.25. The standard InChI is InChI=1S/C39H66O6S/c1-4-7-10-13-16-19-22-25-28-31-43-37-34-36(46(40,41)42)35-38(44-32-29-26-23-20-17-14-11-8-5-2)39(37)45-33-30-27-24-21-18-15-12-9-6-3/h4-6,34-35H,1-3,7-33H2,(H,40,41,42). The van der Waals surface area contributed by atoms with Crippen LogP contribution in [0.5, 0.6) is 17.2 Å². The molecular formula is C39H66O6S. The maximum Gasteiger partial charge on any atom is 0.294 e. The maximum atomic E-state index is 12.2. The van der Waals surface area contributed by atoms with E-state index in [1.165, 1.54) is 89.2 Å². The van der Waals surface area contributed by atoms with E-state index in [0.29, 0.717) is 37.1 Å². The summed E-state index contributed by atoms with van der Waals surface area (Å²) in [4.78, 5) is -0.236. The molecule has 0 amide bonds. The fourth-order valence-corrected chi connectivity index (χ4v) is 5.93. The lowest BCUT2D eigenvalue weighted by molar-refractivity contribution is 0.233. The molecule has 264 valence electrons. The molecule has 1 aromatic carbocycles. The number of allylic oxidation sites excluding steroid dienone is 3. The molecule has 0 atom stereocenters. The molecule has 0 aliphatic carbocycles. The highest BCUT2D eigenvalue weighted by Gasteiger charge is 2.21. The van der Waals surface area contributed by atoms with Gasteiger partial charge in [-0.2, -0.15) is 8.42 Å². The molecule has 7 heteroatoms. The second-order valence-electron chi connectivity index (χ2n) is 12.4. The second-order valence-corrected chi connectivity index (χ2v) is 13.8. The van der Waals surface area contributed by atoms with Crippen LogP contribution >= 0.6 is 0 Å². The maximum absolute atomic E-state index is 12.2. The Morgan fingerprint density at radius 2 is 0.761 bits per heavy atom. The van der Waals surface area contributed by atoms with E-state index >= 15 is 0 Å². The lowest BCUT2D eigenvalue weighted by Crippen LogP contribution is -2.08. The first kappa shape index (κ1) is 41.8. The van der Waals surface area contributed by atoms with E-state index in [9.17, 15) is 13.0 Å². The van der Waals surface area contributed by atoms with Crippen molar-refractivity contribution in [1.29, 1.82) is 0 Å². The molecule has 0 aromatic heterocycles. The van der Waals surface area contributed by atoms with E-state index in [1.807, 2.05) is 18.2 Å². The van der Waals surface area contributed by atoms with Gasteiger partial charge in [-0.25, -0.2) is 0 Å². The Morgan fingerprint density at radius 3 is 1.07 bits per heavy atom. The first-order valence-electron chi connectivity index (χ1n) is 18.3.